The molecule has 0 atom stereocenters. The van der Waals surface area contributed by atoms with E-state index in [4.69, 9.17) is 14.8 Å². The SMILES string of the molecule is O=C(O)C(Cc1ccccc1)(C(=O)O)S(=O)(=O)O. The van der Waals surface area contributed by atoms with Crippen LogP contribution in [-0.2, 0) is 26.1 Å². The van der Waals surface area contributed by atoms with E-state index >= 15 is 0 Å². The Morgan fingerprint density at radius 2 is 1.50 bits per heavy atom. The van der Waals surface area contributed by atoms with Crippen molar-refractivity contribution in [3.63, 3.8) is 0 Å². The summed E-state index contributed by atoms with van der Waals surface area (Å²) in [5, 5.41) is 17.7. The van der Waals surface area contributed by atoms with E-state index < -0.39 is 33.2 Å². The van der Waals surface area contributed by atoms with Crippen molar-refractivity contribution in [2.24, 2.45) is 0 Å². The fourth-order valence-corrected chi connectivity index (χ4v) is 2.23. The van der Waals surface area contributed by atoms with Crippen molar-refractivity contribution in [2.75, 3.05) is 0 Å². The lowest BCUT2D eigenvalue weighted by Crippen LogP contribution is -2.54. The zero-order chi connectivity index (χ0) is 14.0. The van der Waals surface area contributed by atoms with Crippen molar-refractivity contribution in [1.29, 1.82) is 0 Å². The Kier molecular flexibility index (Phi) is 3.73. The van der Waals surface area contributed by atoms with Gasteiger partial charge in [0.2, 0.25) is 0 Å². The number of carboxylic acid groups (broad SMARTS) is 2. The molecule has 7 nitrogen and oxygen atoms in total. The molecule has 0 fully saturated rings. The number of carbonyl (C=O) groups is 2. The second-order valence-corrected chi connectivity index (χ2v) is 5.22. The van der Waals surface area contributed by atoms with E-state index in [1.165, 1.54) is 24.3 Å². The Bertz CT molecular complexity index is 547. The van der Waals surface area contributed by atoms with Gasteiger partial charge >= 0.3 is 11.9 Å². The van der Waals surface area contributed by atoms with Crippen LogP contribution in [0.4, 0.5) is 0 Å². The number of benzene rings is 1. The molecule has 0 aliphatic heterocycles. The molecule has 0 saturated heterocycles. The van der Waals surface area contributed by atoms with Crippen molar-refractivity contribution in [1.82, 2.24) is 0 Å². The van der Waals surface area contributed by atoms with Crippen LogP contribution in [0.2, 0.25) is 0 Å². The molecule has 1 aromatic carbocycles. The van der Waals surface area contributed by atoms with Crippen LogP contribution in [0, 0.1) is 0 Å². The maximum atomic E-state index is 11.1. The maximum absolute atomic E-state index is 11.1. The minimum Gasteiger partial charge on any atom is -0.480 e. The summed E-state index contributed by atoms with van der Waals surface area (Å²) in [6.45, 7) is 0. The number of hydrogen-bond acceptors (Lipinski definition) is 4. The monoisotopic (exact) mass is 274 g/mol. The number of aliphatic carboxylic acids is 2. The fraction of sp³-hybridized carbons (Fsp3) is 0.200. The smallest absolute Gasteiger partial charge is 0.339 e. The Morgan fingerprint density at radius 3 is 1.83 bits per heavy atom. The summed E-state index contributed by atoms with van der Waals surface area (Å²) in [5.74, 6) is -4.28. The molecule has 18 heavy (non-hydrogen) atoms. The molecule has 0 aliphatic rings. The molecule has 0 spiro atoms. The zero-order valence-electron chi connectivity index (χ0n) is 8.98. The van der Waals surface area contributed by atoms with E-state index in [9.17, 15) is 18.0 Å². The van der Waals surface area contributed by atoms with Gasteiger partial charge in [-0.2, -0.15) is 8.42 Å². The first kappa shape index (κ1) is 14.1. The van der Waals surface area contributed by atoms with Gasteiger partial charge in [-0.1, -0.05) is 30.3 Å². The molecule has 98 valence electrons. The minimum atomic E-state index is -5.32. The van der Waals surface area contributed by atoms with E-state index in [1.54, 1.807) is 6.07 Å². The lowest BCUT2D eigenvalue weighted by Gasteiger charge is -2.21. The number of rotatable bonds is 5. The second-order valence-electron chi connectivity index (χ2n) is 3.57. The third-order valence-corrected chi connectivity index (χ3v) is 3.80. The normalized spacial score (nSPS) is 12.1. The zero-order valence-corrected chi connectivity index (χ0v) is 9.79. The van der Waals surface area contributed by atoms with Gasteiger partial charge in [0.1, 0.15) is 0 Å². The molecule has 1 rings (SSSR count). The largest absolute Gasteiger partial charge is 0.480 e. The van der Waals surface area contributed by atoms with Gasteiger partial charge in [-0.15, -0.1) is 0 Å². The highest BCUT2D eigenvalue weighted by Crippen LogP contribution is 2.23. The second kappa shape index (κ2) is 4.75. The third-order valence-electron chi connectivity index (χ3n) is 2.43. The fourth-order valence-electron chi connectivity index (χ4n) is 1.44. The highest BCUT2D eigenvalue weighted by Gasteiger charge is 2.58. The topological polar surface area (TPSA) is 129 Å². The molecule has 0 heterocycles. The highest BCUT2D eigenvalue weighted by molar-refractivity contribution is 7.89. The van der Waals surface area contributed by atoms with Crippen LogP contribution in [0.5, 0.6) is 0 Å². The first-order chi connectivity index (χ1) is 8.22. The van der Waals surface area contributed by atoms with Crippen LogP contribution in [0.15, 0.2) is 30.3 Å². The van der Waals surface area contributed by atoms with Crippen LogP contribution in [0.3, 0.4) is 0 Å². The average Bonchev–Trinajstić information content (AvgIpc) is 2.24. The molecule has 0 aromatic heterocycles. The summed E-state index contributed by atoms with van der Waals surface area (Å²) in [6.07, 6.45) is -0.864. The molecular weight excluding hydrogens is 264 g/mol. The molecule has 0 radical (unpaired) electrons. The van der Waals surface area contributed by atoms with Crippen LogP contribution < -0.4 is 0 Å². The van der Waals surface area contributed by atoms with Gasteiger partial charge in [-0.05, 0) is 5.56 Å². The molecule has 0 amide bonds. The summed E-state index contributed by atoms with van der Waals surface area (Å²) in [7, 11) is -5.32. The van der Waals surface area contributed by atoms with Crippen molar-refractivity contribution < 1.29 is 32.8 Å². The van der Waals surface area contributed by atoms with E-state index in [0.29, 0.717) is 0 Å². The quantitative estimate of drug-likeness (QED) is 0.510. The standard InChI is InChI=1S/C10H10O7S/c11-8(12)10(9(13)14,18(15,16)17)6-7-4-2-1-3-5-7/h1-5H,6H2,(H,11,12)(H,13,14)(H,15,16,17). The van der Waals surface area contributed by atoms with Gasteiger partial charge in [-0.25, -0.2) is 9.59 Å². The average molecular weight is 274 g/mol. The highest BCUT2D eigenvalue weighted by atomic mass is 32.2. The summed E-state index contributed by atoms with van der Waals surface area (Å²) in [6, 6.07) is 7.32. The summed E-state index contributed by atoms with van der Waals surface area (Å²) < 4.78 is 27.9. The van der Waals surface area contributed by atoms with Crippen molar-refractivity contribution >= 4 is 22.1 Å². The van der Waals surface area contributed by atoms with Crippen molar-refractivity contribution in [2.45, 2.75) is 11.2 Å². The Morgan fingerprint density at radius 1 is 1.06 bits per heavy atom. The van der Waals surface area contributed by atoms with Gasteiger partial charge in [-0.3, -0.25) is 4.55 Å². The van der Waals surface area contributed by atoms with Crippen molar-refractivity contribution in [3.8, 4) is 0 Å². The van der Waals surface area contributed by atoms with Crippen LogP contribution >= 0.6 is 0 Å². The molecule has 0 saturated carbocycles. The predicted molar refractivity (Wildman–Crippen MR) is 59.7 cm³/mol. The van der Waals surface area contributed by atoms with Gasteiger partial charge in [0, 0.05) is 6.42 Å². The molecule has 0 unspecified atom stereocenters. The van der Waals surface area contributed by atoms with Crippen LogP contribution in [0.25, 0.3) is 0 Å². The van der Waals surface area contributed by atoms with Gasteiger partial charge in [0.05, 0.1) is 0 Å². The maximum Gasteiger partial charge on any atom is 0.339 e. The van der Waals surface area contributed by atoms with Gasteiger partial charge < -0.3 is 10.2 Å². The van der Waals surface area contributed by atoms with E-state index in [0.717, 1.165) is 0 Å². The summed E-state index contributed by atoms with van der Waals surface area (Å²) in [5.41, 5.74) is 0.167. The van der Waals surface area contributed by atoms with Gasteiger partial charge in [0.25, 0.3) is 14.9 Å². The van der Waals surface area contributed by atoms with E-state index in [1.807, 2.05) is 0 Å². The van der Waals surface area contributed by atoms with Crippen molar-refractivity contribution in [3.05, 3.63) is 35.9 Å². The molecule has 3 N–H and O–H groups in total. The van der Waals surface area contributed by atoms with E-state index in [-0.39, 0.29) is 5.56 Å². The molecule has 0 aliphatic carbocycles. The molecule has 0 bridgehead atoms. The van der Waals surface area contributed by atoms with Crippen LogP contribution in [0.1, 0.15) is 5.56 Å². The Hall–Kier alpha value is -1.93. The number of carboxylic acids is 2. The third kappa shape index (κ3) is 2.34. The first-order valence-electron chi connectivity index (χ1n) is 4.69. The van der Waals surface area contributed by atoms with E-state index in [2.05, 4.69) is 0 Å². The predicted octanol–water partition coefficient (Wildman–Crippen LogP) is 0.0249. The molecule has 1 aromatic rings. The lowest BCUT2D eigenvalue weighted by atomic mass is 9.98. The summed E-state index contributed by atoms with van der Waals surface area (Å²) in [4.78, 5) is 22.0. The summed E-state index contributed by atoms with van der Waals surface area (Å²) >= 11 is 0. The number of hydrogen-bond donors (Lipinski definition) is 3. The Balaban J connectivity index is 3.39. The minimum absolute atomic E-state index is 0.167. The lowest BCUT2D eigenvalue weighted by molar-refractivity contribution is -0.152. The van der Waals surface area contributed by atoms with Gasteiger partial charge in [0.15, 0.2) is 0 Å². The molecule has 8 heteroatoms. The molecular formula is C10H10O7S. The Labute approximate surface area is 102 Å². The first-order valence-corrected chi connectivity index (χ1v) is 6.13. The van der Waals surface area contributed by atoms with Crippen LogP contribution in [-0.4, -0.2) is 39.9 Å².